The van der Waals surface area contributed by atoms with Crippen molar-refractivity contribution in [2.75, 3.05) is 64.5 Å². The molecule has 32 heavy (non-hydrogen) atoms. The number of anilines is 1. The van der Waals surface area contributed by atoms with Crippen LogP contribution in [-0.2, 0) is 9.47 Å². The molecule has 0 radical (unpaired) electrons. The van der Waals surface area contributed by atoms with Gasteiger partial charge in [0.05, 0.1) is 6.10 Å². The number of methoxy groups -OCH3 is 1. The van der Waals surface area contributed by atoms with Crippen molar-refractivity contribution >= 4 is 35.6 Å². The predicted octanol–water partition coefficient (Wildman–Crippen LogP) is 3.89. The lowest BCUT2D eigenvalue weighted by atomic mass is 10.1. The van der Waals surface area contributed by atoms with Crippen molar-refractivity contribution in [1.29, 1.82) is 0 Å². The standard InChI is InChI=1S/C23H36F2N4O2.HI/c1-3-26-23(28-11-8-20(9-12-28)31-14-4-13-30-2)27-16-18-7-10-29(17-18)19-5-6-21(24)22(25)15-19;/h5-6,15,18,20H,3-4,7-14,16-17H2,1-2H3,(H,26,27);1H. The first-order valence-corrected chi connectivity index (χ1v) is 11.4. The number of rotatable bonds is 9. The third kappa shape index (κ3) is 7.98. The van der Waals surface area contributed by atoms with Crippen LogP contribution in [0, 0.1) is 17.6 Å². The van der Waals surface area contributed by atoms with Gasteiger partial charge in [0.25, 0.3) is 0 Å². The molecule has 0 aliphatic carbocycles. The van der Waals surface area contributed by atoms with Gasteiger partial charge in [0.2, 0.25) is 0 Å². The van der Waals surface area contributed by atoms with Crippen LogP contribution in [0.4, 0.5) is 14.5 Å². The van der Waals surface area contributed by atoms with E-state index >= 15 is 0 Å². The van der Waals surface area contributed by atoms with Crippen LogP contribution in [0.3, 0.4) is 0 Å². The number of hydrogen-bond acceptors (Lipinski definition) is 4. The number of hydrogen-bond donors (Lipinski definition) is 1. The molecule has 1 aromatic rings. The number of halogens is 3. The molecule has 2 fully saturated rings. The summed E-state index contributed by atoms with van der Waals surface area (Å²) in [6.45, 7) is 8.67. The van der Waals surface area contributed by atoms with Crippen molar-refractivity contribution in [3.63, 3.8) is 0 Å². The molecule has 2 aliphatic heterocycles. The summed E-state index contributed by atoms with van der Waals surface area (Å²) in [7, 11) is 1.71. The smallest absolute Gasteiger partial charge is 0.193 e. The van der Waals surface area contributed by atoms with E-state index in [0.29, 0.717) is 12.0 Å². The van der Waals surface area contributed by atoms with Gasteiger partial charge in [0.1, 0.15) is 0 Å². The van der Waals surface area contributed by atoms with Gasteiger partial charge in [-0.25, -0.2) is 8.78 Å². The quantitative estimate of drug-likeness (QED) is 0.213. The Morgan fingerprint density at radius 1 is 1.12 bits per heavy atom. The van der Waals surface area contributed by atoms with Crippen molar-refractivity contribution < 1.29 is 18.3 Å². The van der Waals surface area contributed by atoms with Crippen molar-refractivity contribution in [1.82, 2.24) is 10.2 Å². The van der Waals surface area contributed by atoms with Crippen LogP contribution < -0.4 is 10.2 Å². The molecule has 0 aromatic heterocycles. The fourth-order valence-corrected chi connectivity index (χ4v) is 4.23. The lowest BCUT2D eigenvalue weighted by Crippen LogP contribution is -2.47. The average Bonchev–Trinajstić information content (AvgIpc) is 3.26. The maximum absolute atomic E-state index is 13.6. The second-order valence-electron chi connectivity index (χ2n) is 8.30. The molecule has 0 amide bonds. The average molecular weight is 566 g/mol. The number of likely N-dealkylation sites (tertiary alicyclic amines) is 1. The fraction of sp³-hybridized carbons (Fsp3) is 0.696. The molecule has 1 N–H and O–H groups in total. The lowest BCUT2D eigenvalue weighted by Gasteiger charge is -2.34. The van der Waals surface area contributed by atoms with Gasteiger partial charge in [-0.1, -0.05) is 0 Å². The van der Waals surface area contributed by atoms with Crippen LogP contribution in [-0.4, -0.2) is 76.6 Å². The molecule has 2 saturated heterocycles. The number of ether oxygens (including phenoxy) is 2. The molecule has 1 atom stereocenters. The van der Waals surface area contributed by atoms with Gasteiger partial charge in [-0.05, 0) is 50.7 Å². The van der Waals surface area contributed by atoms with E-state index in [2.05, 4.69) is 22.0 Å². The molecular weight excluding hydrogens is 529 g/mol. The Labute approximate surface area is 207 Å². The van der Waals surface area contributed by atoms with Crippen molar-refractivity contribution in [2.45, 2.75) is 38.7 Å². The number of benzene rings is 1. The third-order valence-corrected chi connectivity index (χ3v) is 5.98. The molecule has 1 unspecified atom stereocenters. The van der Waals surface area contributed by atoms with Gasteiger partial charge in [-0.2, -0.15) is 0 Å². The van der Waals surface area contributed by atoms with E-state index in [-0.39, 0.29) is 24.0 Å². The molecule has 3 rings (SSSR count). The van der Waals surface area contributed by atoms with Gasteiger partial charge in [0.15, 0.2) is 17.6 Å². The maximum Gasteiger partial charge on any atom is 0.193 e. The lowest BCUT2D eigenvalue weighted by molar-refractivity contribution is 0.00990. The van der Waals surface area contributed by atoms with E-state index in [1.165, 1.54) is 12.1 Å². The fourth-order valence-electron chi connectivity index (χ4n) is 4.23. The first kappa shape index (κ1) is 27.0. The summed E-state index contributed by atoms with van der Waals surface area (Å²) in [5.41, 5.74) is 0.741. The van der Waals surface area contributed by atoms with E-state index in [0.717, 1.165) is 89.8 Å². The highest BCUT2D eigenvalue weighted by Gasteiger charge is 2.25. The van der Waals surface area contributed by atoms with Crippen LogP contribution in [0.5, 0.6) is 0 Å². The number of aliphatic imine (C=N–C) groups is 1. The van der Waals surface area contributed by atoms with Crippen molar-refractivity contribution in [2.24, 2.45) is 10.9 Å². The van der Waals surface area contributed by atoms with E-state index in [1.54, 1.807) is 13.2 Å². The largest absolute Gasteiger partial charge is 0.385 e. The zero-order valence-electron chi connectivity index (χ0n) is 19.2. The SMILES string of the molecule is CCNC(=NCC1CCN(c2ccc(F)c(F)c2)C1)N1CCC(OCCCOC)CC1.I. The van der Waals surface area contributed by atoms with Gasteiger partial charge < -0.3 is 24.6 Å². The Kier molecular flexibility index (Phi) is 12.0. The minimum Gasteiger partial charge on any atom is -0.385 e. The molecule has 2 aliphatic rings. The molecule has 0 spiro atoms. The second-order valence-corrected chi connectivity index (χ2v) is 8.30. The normalized spacial score (nSPS) is 19.9. The maximum atomic E-state index is 13.6. The van der Waals surface area contributed by atoms with Crippen LogP contribution in [0.2, 0.25) is 0 Å². The molecular formula is C23H37F2IN4O2. The summed E-state index contributed by atoms with van der Waals surface area (Å²) in [5, 5.41) is 3.42. The minimum atomic E-state index is -0.802. The summed E-state index contributed by atoms with van der Waals surface area (Å²) in [6.07, 6.45) is 4.26. The highest BCUT2D eigenvalue weighted by Crippen LogP contribution is 2.25. The highest BCUT2D eigenvalue weighted by molar-refractivity contribution is 14.0. The monoisotopic (exact) mass is 566 g/mol. The summed E-state index contributed by atoms with van der Waals surface area (Å²) in [5.74, 6) is -0.224. The van der Waals surface area contributed by atoms with Gasteiger partial charge in [-0.15, -0.1) is 24.0 Å². The van der Waals surface area contributed by atoms with Gasteiger partial charge in [-0.3, -0.25) is 4.99 Å². The van der Waals surface area contributed by atoms with E-state index in [9.17, 15) is 8.78 Å². The Hall–Kier alpha value is -1.20. The summed E-state index contributed by atoms with van der Waals surface area (Å²) >= 11 is 0. The number of piperidine rings is 1. The Morgan fingerprint density at radius 3 is 2.59 bits per heavy atom. The van der Waals surface area contributed by atoms with E-state index in [1.807, 2.05) is 0 Å². The zero-order chi connectivity index (χ0) is 22.1. The molecule has 9 heteroatoms. The summed E-state index contributed by atoms with van der Waals surface area (Å²) < 4.78 is 37.8. The molecule has 182 valence electrons. The van der Waals surface area contributed by atoms with Crippen LogP contribution in [0.15, 0.2) is 23.2 Å². The van der Waals surface area contributed by atoms with Crippen LogP contribution >= 0.6 is 24.0 Å². The topological polar surface area (TPSA) is 49.3 Å². The number of nitrogens with one attached hydrogen (secondary N) is 1. The zero-order valence-corrected chi connectivity index (χ0v) is 21.5. The minimum absolute atomic E-state index is 0. The molecule has 0 saturated carbocycles. The van der Waals surface area contributed by atoms with Crippen LogP contribution in [0.25, 0.3) is 0 Å². The number of nitrogens with zero attached hydrogens (tertiary/aromatic N) is 3. The predicted molar refractivity (Wildman–Crippen MR) is 135 cm³/mol. The summed E-state index contributed by atoms with van der Waals surface area (Å²) in [4.78, 5) is 9.34. The Bertz CT molecular complexity index is 717. The third-order valence-electron chi connectivity index (χ3n) is 5.98. The summed E-state index contributed by atoms with van der Waals surface area (Å²) in [6, 6.07) is 4.13. The second kappa shape index (κ2) is 14.1. The Balaban J connectivity index is 0.00000363. The molecule has 0 bridgehead atoms. The molecule has 1 aromatic carbocycles. The van der Waals surface area contributed by atoms with E-state index in [4.69, 9.17) is 14.5 Å². The van der Waals surface area contributed by atoms with Crippen LogP contribution in [0.1, 0.15) is 32.6 Å². The van der Waals surface area contributed by atoms with Crippen molar-refractivity contribution in [3.05, 3.63) is 29.8 Å². The molecule has 6 nitrogen and oxygen atoms in total. The Morgan fingerprint density at radius 2 is 1.91 bits per heavy atom. The van der Waals surface area contributed by atoms with E-state index < -0.39 is 11.6 Å². The highest BCUT2D eigenvalue weighted by atomic mass is 127. The first-order chi connectivity index (χ1) is 15.1. The molecule has 2 heterocycles. The van der Waals surface area contributed by atoms with Crippen molar-refractivity contribution in [3.8, 4) is 0 Å². The van der Waals surface area contributed by atoms with Gasteiger partial charge >= 0.3 is 0 Å². The number of guanidine groups is 1. The first-order valence-electron chi connectivity index (χ1n) is 11.4. The van der Waals surface area contributed by atoms with Gasteiger partial charge in [0, 0.05) is 71.3 Å².